The van der Waals surface area contributed by atoms with Crippen molar-refractivity contribution in [3.63, 3.8) is 0 Å². The number of aryl methyl sites for hydroxylation is 1. The number of likely N-dealkylation sites (N-methyl/N-ethyl adjacent to an activating group) is 1. The number of sulfonamides is 1. The lowest BCUT2D eigenvalue weighted by Gasteiger charge is -2.16. The molecule has 0 saturated carbocycles. The highest BCUT2D eigenvalue weighted by Crippen LogP contribution is 2.27. The van der Waals surface area contributed by atoms with Gasteiger partial charge in [0, 0.05) is 13.6 Å². The van der Waals surface area contributed by atoms with Gasteiger partial charge in [0.25, 0.3) is 10.0 Å². The zero-order valence-electron chi connectivity index (χ0n) is 12.7. The Morgan fingerprint density at radius 2 is 1.96 bits per heavy atom. The number of halogens is 1. The normalized spacial score (nSPS) is 11.7. The molecule has 1 aromatic carbocycles. The molecule has 0 radical (unpaired) electrons. The number of nitrogens with zero attached hydrogens (tertiary/aromatic N) is 1. The molecule has 0 bridgehead atoms. The number of hydrogen-bond acceptors (Lipinski definition) is 4. The molecule has 1 heterocycles. The van der Waals surface area contributed by atoms with Crippen LogP contribution < -0.4 is 5.32 Å². The summed E-state index contributed by atoms with van der Waals surface area (Å²) in [5.74, 6) is -0.359. The van der Waals surface area contributed by atoms with E-state index in [1.807, 2.05) is 31.2 Å². The SMILES string of the molecule is Cc1ccccc1CNC(=O)CN(C)S(=O)(=O)c1ccc(Cl)s1. The van der Waals surface area contributed by atoms with Gasteiger partial charge >= 0.3 is 0 Å². The number of thiophene rings is 1. The molecule has 0 atom stereocenters. The number of carbonyl (C=O) groups is 1. The lowest BCUT2D eigenvalue weighted by atomic mass is 10.1. The second-order valence-electron chi connectivity index (χ2n) is 5.02. The first-order valence-corrected chi connectivity index (χ1v) is 9.47. The summed E-state index contributed by atoms with van der Waals surface area (Å²) in [5, 5.41) is 2.73. The van der Waals surface area contributed by atoms with Gasteiger partial charge in [-0.25, -0.2) is 8.42 Å². The van der Waals surface area contributed by atoms with Crippen LogP contribution in [-0.2, 0) is 21.4 Å². The van der Waals surface area contributed by atoms with Crippen LogP contribution in [0.25, 0.3) is 0 Å². The molecule has 0 spiro atoms. The largest absolute Gasteiger partial charge is 0.351 e. The maximum atomic E-state index is 12.3. The molecule has 5 nitrogen and oxygen atoms in total. The Labute approximate surface area is 144 Å². The quantitative estimate of drug-likeness (QED) is 0.847. The summed E-state index contributed by atoms with van der Waals surface area (Å²) in [6.45, 7) is 2.08. The minimum atomic E-state index is -3.70. The minimum Gasteiger partial charge on any atom is -0.351 e. The number of rotatable bonds is 6. The van der Waals surface area contributed by atoms with Crippen LogP contribution in [0.1, 0.15) is 11.1 Å². The molecule has 0 aliphatic heterocycles. The van der Waals surface area contributed by atoms with Gasteiger partial charge in [-0.2, -0.15) is 4.31 Å². The van der Waals surface area contributed by atoms with E-state index in [4.69, 9.17) is 11.6 Å². The smallest absolute Gasteiger partial charge is 0.252 e. The van der Waals surface area contributed by atoms with E-state index in [9.17, 15) is 13.2 Å². The van der Waals surface area contributed by atoms with Crippen molar-refractivity contribution in [2.45, 2.75) is 17.7 Å². The van der Waals surface area contributed by atoms with Crippen LogP contribution in [0.5, 0.6) is 0 Å². The van der Waals surface area contributed by atoms with Crippen LogP contribution in [0.15, 0.2) is 40.6 Å². The van der Waals surface area contributed by atoms with Gasteiger partial charge < -0.3 is 5.32 Å². The van der Waals surface area contributed by atoms with E-state index < -0.39 is 10.0 Å². The van der Waals surface area contributed by atoms with Crippen molar-refractivity contribution < 1.29 is 13.2 Å². The Morgan fingerprint density at radius 3 is 2.57 bits per heavy atom. The summed E-state index contributed by atoms with van der Waals surface area (Å²) in [6, 6.07) is 10.6. The lowest BCUT2D eigenvalue weighted by molar-refractivity contribution is -0.121. The van der Waals surface area contributed by atoms with Gasteiger partial charge in [0.1, 0.15) is 4.21 Å². The van der Waals surface area contributed by atoms with Gasteiger partial charge in [-0.1, -0.05) is 35.9 Å². The Kier molecular flexibility index (Phi) is 5.80. The Balaban J connectivity index is 1.96. The second kappa shape index (κ2) is 7.44. The van der Waals surface area contributed by atoms with Crippen molar-refractivity contribution in [1.82, 2.24) is 9.62 Å². The van der Waals surface area contributed by atoms with Crippen molar-refractivity contribution in [2.24, 2.45) is 0 Å². The van der Waals surface area contributed by atoms with Crippen molar-refractivity contribution in [3.8, 4) is 0 Å². The summed E-state index contributed by atoms with van der Waals surface area (Å²) in [6.07, 6.45) is 0. The number of nitrogens with one attached hydrogen (secondary N) is 1. The molecule has 2 rings (SSSR count). The fraction of sp³-hybridized carbons (Fsp3) is 0.267. The minimum absolute atomic E-state index is 0.122. The second-order valence-corrected chi connectivity index (χ2v) is 9.01. The lowest BCUT2D eigenvalue weighted by Crippen LogP contribution is -2.37. The molecule has 23 heavy (non-hydrogen) atoms. The predicted octanol–water partition coefficient (Wildman–Crippen LogP) is 2.65. The fourth-order valence-electron chi connectivity index (χ4n) is 1.94. The topological polar surface area (TPSA) is 66.5 Å². The molecule has 0 unspecified atom stereocenters. The van der Waals surface area contributed by atoms with Gasteiger partial charge in [0.2, 0.25) is 5.91 Å². The molecule has 0 aliphatic carbocycles. The van der Waals surface area contributed by atoms with Crippen LogP contribution >= 0.6 is 22.9 Å². The van der Waals surface area contributed by atoms with Gasteiger partial charge in [0.05, 0.1) is 10.9 Å². The molecule has 1 N–H and O–H groups in total. The van der Waals surface area contributed by atoms with Crippen molar-refractivity contribution in [1.29, 1.82) is 0 Å². The van der Waals surface area contributed by atoms with E-state index >= 15 is 0 Å². The van der Waals surface area contributed by atoms with Crippen LogP contribution in [-0.4, -0.2) is 32.2 Å². The number of hydrogen-bond donors (Lipinski definition) is 1. The third-order valence-electron chi connectivity index (χ3n) is 3.32. The first-order chi connectivity index (χ1) is 10.8. The first kappa shape index (κ1) is 17.9. The number of benzene rings is 1. The van der Waals surface area contributed by atoms with Gasteiger partial charge in [-0.3, -0.25) is 4.79 Å². The van der Waals surface area contributed by atoms with Crippen molar-refractivity contribution in [2.75, 3.05) is 13.6 Å². The first-order valence-electron chi connectivity index (χ1n) is 6.83. The summed E-state index contributed by atoms with van der Waals surface area (Å²) < 4.78 is 26.1. The third kappa shape index (κ3) is 4.54. The highest BCUT2D eigenvalue weighted by Gasteiger charge is 2.24. The fourth-order valence-corrected chi connectivity index (χ4v) is 4.76. The molecule has 1 aromatic heterocycles. The highest BCUT2D eigenvalue weighted by molar-refractivity contribution is 7.91. The van der Waals surface area contributed by atoms with E-state index in [0.29, 0.717) is 10.9 Å². The van der Waals surface area contributed by atoms with E-state index in [0.717, 1.165) is 26.8 Å². The zero-order chi connectivity index (χ0) is 17.0. The van der Waals surface area contributed by atoms with Crippen LogP contribution in [0, 0.1) is 6.92 Å². The summed E-state index contributed by atoms with van der Waals surface area (Å²) in [4.78, 5) is 12.0. The number of carbonyl (C=O) groups excluding carboxylic acids is 1. The molecule has 8 heteroatoms. The average Bonchev–Trinajstić information content (AvgIpc) is 2.93. The van der Waals surface area contributed by atoms with E-state index in [1.165, 1.54) is 19.2 Å². The van der Waals surface area contributed by atoms with Gasteiger partial charge in [0.15, 0.2) is 0 Å². The van der Waals surface area contributed by atoms with Crippen molar-refractivity contribution in [3.05, 3.63) is 51.9 Å². The van der Waals surface area contributed by atoms with Crippen LogP contribution in [0.3, 0.4) is 0 Å². The molecular formula is C15H17ClN2O3S2. The highest BCUT2D eigenvalue weighted by atomic mass is 35.5. The van der Waals surface area contributed by atoms with E-state index in [-0.39, 0.29) is 16.7 Å². The molecule has 0 aliphatic rings. The molecule has 124 valence electrons. The summed E-state index contributed by atoms with van der Waals surface area (Å²) in [7, 11) is -2.33. The number of amides is 1. The zero-order valence-corrected chi connectivity index (χ0v) is 15.1. The van der Waals surface area contributed by atoms with E-state index in [1.54, 1.807) is 0 Å². The Morgan fingerprint density at radius 1 is 1.26 bits per heavy atom. The third-order valence-corrected chi connectivity index (χ3v) is 6.82. The molecule has 0 saturated heterocycles. The van der Waals surface area contributed by atoms with Crippen molar-refractivity contribution >= 4 is 38.9 Å². The van der Waals surface area contributed by atoms with Crippen LogP contribution in [0.2, 0.25) is 4.34 Å². The van der Waals surface area contributed by atoms with E-state index in [2.05, 4.69) is 5.32 Å². The van der Waals surface area contributed by atoms with Gasteiger partial charge in [-0.15, -0.1) is 11.3 Å². The molecule has 2 aromatic rings. The van der Waals surface area contributed by atoms with Gasteiger partial charge in [-0.05, 0) is 30.2 Å². The Hall–Kier alpha value is -1.41. The molecular weight excluding hydrogens is 356 g/mol. The predicted molar refractivity (Wildman–Crippen MR) is 92.2 cm³/mol. The molecule has 0 fully saturated rings. The maximum absolute atomic E-state index is 12.3. The summed E-state index contributed by atoms with van der Waals surface area (Å²) >= 11 is 6.73. The maximum Gasteiger partial charge on any atom is 0.252 e. The van der Waals surface area contributed by atoms with Crippen LogP contribution in [0.4, 0.5) is 0 Å². The Bertz CT molecular complexity index is 803. The molecule has 1 amide bonds. The standard InChI is InChI=1S/C15H17ClN2O3S2/c1-11-5-3-4-6-12(11)9-17-14(19)10-18(2)23(20,21)15-8-7-13(16)22-15/h3-8H,9-10H2,1-2H3,(H,17,19). The monoisotopic (exact) mass is 372 g/mol. The average molecular weight is 373 g/mol. The summed E-state index contributed by atoms with van der Waals surface area (Å²) in [5.41, 5.74) is 2.07.